The number of carboxylic acids is 1. The number of unbranched alkanes of at least 4 members (excludes halogenated alkanes) is 1. The smallest absolute Gasteiger partial charge is 0.320 e. The van der Waals surface area contributed by atoms with Crippen molar-refractivity contribution in [3.63, 3.8) is 0 Å². The zero-order valence-electron chi connectivity index (χ0n) is 12.7. The van der Waals surface area contributed by atoms with Gasteiger partial charge >= 0.3 is 11.9 Å². The minimum atomic E-state index is -1.05. The molecule has 8 nitrogen and oxygen atoms in total. The highest BCUT2D eigenvalue weighted by molar-refractivity contribution is 5.92. The minimum Gasteiger partial charge on any atom is -0.480 e. The van der Waals surface area contributed by atoms with E-state index in [2.05, 4.69) is 10.3 Å². The van der Waals surface area contributed by atoms with Crippen LogP contribution in [-0.4, -0.2) is 47.1 Å². The van der Waals surface area contributed by atoms with Gasteiger partial charge in [-0.2, -0.15) is 0 Å². The lowest BCUT2D eigenvalue weighted by Crippen LogP contribution is -2.29. The number of carbonyl (C=O) groups excluding carboxylic acids is 2. The SMILES string of the molecule is N[C@H](CCCCC(=O)OCCNC(=O)c1ccccn1)C(=O)O. The van der Waals surface area contributed by atoms with Crippen LogP contribution in [0.2, 0.25) is 0 Å². The number of aliphatic carboxylic acids is 1. The van der Waals surface area contributed by atoms with Crippen molar-refractivity contribution in [2.75, 3.05) is 13.2 Å². The molecule has 1 aromatic rings. The first-order valence-electron chi connectivity index (χ1n) is 7.34. The van der Waals surface area contributed by atoms with Gasteiger partial charge in [0, 0.05) is 12.6 Å². The highest BCUT2D eigenvalue weighted by Gasteiger charge is 2.11. The minimum absolute atomic E-state index is 0.0754. The highest BCUT2D eigenvalue weighted by atomic mass is 16.5. The Labute approximate surface area is 134 Å². The van der Waals surface area contributed by atoms with Gasteiger partial charge in [0.1, 0.15) is 18.3 Å². The van der Waals surface area contributed by atoms with Gasteiger partial charge in [-0.1, -0.05) is 12.5 Å². The first kappa shape index (κ1) is 18.6. The lowest BCUT2D eigenvalue weighted by Gasteiger charge is -2.07. The number of nitrogens with zero attached hydrogens (tertiary/aromatic N) is 1. The number of hydrogen-bond acceptors (Lipinski definition) is 6. The van der Waals surface area contributed by atoms with Crippen molar-refractivity contribution in [2.24, 2.45) is 5.73 Å². The number of rotatable bonds is 10. The van der Waals surface area contributed by atoms with Crippen LogP contribution in [0.1, 0.15) is 36.2 Å². The number of ether oxygens (including phenoxy) is 1. The topological polar surface area (TPSA) is 132 Å². The second-order valence-corrected chi connectivity index (χ2v) is 4.88. The molecule has 8 heteroatoms. The largest absolute Gasteiger partial charge is 0.480 e. The molecule has 1 rings (SSSR count). The van der Waals surface area contributed by atoms with E-state index < -0.39 is 12.0 Å². The molecule has 4 N–H and O–H groups in total. The van der Waals surface area contributed by atoms with Gasteiger partial charge in [0.2, 0.25) is 0 Å². The van der Waals surface area contributed by atoms with Crippen molar-refractivity contribution >= 4 is 17.8 Å². The lowest BCUT2D eigenvalue weighted by molar-refractivity contribution is -0.143. The molecule has 1 heterocycles. The lowest BCUT2D eigenvalue weighted by atomic mass is 10.1. The molecule has 126 valence electrons. The van der Waals surface area contributed by atoms with Crippen LogP contribution in [0.5, 0.6) is 0 Å². The van der Waals surface area contributed by atoms with E-state index in [1.165, 1.54) is 6.20 Å². The fraction of sp³-hybridized carbons (Fsp3) is 0.467. The molecular weight excluding hydrogens is 302 g/mol. The number of esters is 1. The number of carbonyl (C=O) groups is 3. The number of carboxylic acid groups (broad SMARTS) is 1. The van der Waals surface area contributed by atoms with Gasteiger partial charge in [-0.15, -0.1) is 0 Å². The first-order chi connectivity index (χ1) is 11.0. The van der Waals surface area contributed by atoms with Gasteiger partial charge in [0.05, 0.1) is 6.54 Å². The van der Waals surface area contributed by atoms with Crippen LogP contribution in [0, 0.1) is 0 Å². The van der Waals surface area contributed by atoms with Gasteiger partial charge in [0.25, 0.3) is 5.91 Å². The molecule has 1 atom stereocenters. The fourth-order valence-corrected chi connectivity index (χ4v) is 1.75. The fourth-order valence-electron chi connectivity index (χ4n) is 1.75. The van der Waals surface area contributed by atoms with E-state index in [0.717, 1.165) is 0 Å². The average molecular weight is 323 g/mol. The molecule has 0 aliphatic heterocycles. The van der Waals surface area contributed by atoms with Crippen LogP contribution in [0.15, 0.2) is 24.4 Å². The van der Waals surface area contributed by atoms with Crippen molar-refractivity contribution < 1.29 is 24.2 Å². The van der Waals surface area contributed by atoms with Crippen molar-refractivity contribution in [1.82, 2.24) is 10.3 Å². The summed E-state index contributed by atoms with van der Waals surface area (Å²) in [6, 6.07) is 4.11. The number of nitrogens with two attached hydrogens (primary N) is 1. The van der Waals surface area contributed by atoms with E-state index in [4.69, 9.17) is 15.6 Å². The maximum Gasteiger partial charge on any atom is 0.320 e. The van der Waals surface area contributed by atoms with Gasteiger partial charge in [-0.3, -0.25) is 19.4 Å². The predicted molar refractivity (Wildman–Crippen MR) is 81.6 cm³/mol. The molecule has 0 saturated heterocycles. The molecule has 0 fully saturated rings. The van der Waals surface area contributed by atoms with Crippen molar-refractivity contribution in [1.29, 1.82) is 0 Å². The average Bonchev–Trinajstić information content (AvgIpc) is 2.55. The summed E-state index contributed by atoms with van der Waals surface area (Å²) >= 11 is 0. The van der Waals surface area contributed by atoms with Crippen LogP contribution >= 0.6 is 0 Å². The second-order valence-electron chi connectivity index (χ2n) is 4.88. The molecule has 0 radical (unpaired) electrons. The van der Waals surface area contributed by atoms with E-state index in [1.807, 2.05) is 0 Å². The van der Waals surface area contributed by atoms with Gasteiger partial charge < -0.3 is 20.9 Å². The zero-order chi connectivity index (χ0) is 17.1. The number of pyridine rings is 1. The van der Waals surface area contributed by atoms with Crippen LogP contribution < -0.4 is 11.1 Å². The Bertz CT molecular complexity index is 521. The van der Waals surface area contributed by atoms with Crippen molar-refractivity contribution in [3.8, 4) is 0 Å². The number of amides is 1. The molecule has 0 unspecified atom stereocenters. The standard InChI is InChI=1S/C15H21N3O5/c16-11(15(21)22)5-1-2-7-13(19)23-10-9-18-14(20)12-6-3-4-8-17-12/h3-4,6,8,11H,1-2,5,7,9-10,16H2,(H,18,20)(H,21,22)/t11-/m1/s1. The Morgan fingerprint density at radius 2 is 2.09 bits per heavy atom. The van der Waals surface area contributed by atoms with E-state index >= 15 is 0 Å². The molecule has 1 amide bonds. The van der Waals surface area contributed by atoms with Crippen LogP contribution in [-0.2, 0) is 14.3 Å². The second kappa shape index (κ2) is 10.3. The molecule has 1 aromatic heterocycles. The van der Waals surface area contributed by atoms with Crippen LogP contribution in [0.4, 0.5) is 0 Å². The molecule has 0 aromatic carbocycles. The summed E-state index contributed by atoms with van der Waals surface area (Å²) in [5.74, 6) is -1.76. The molecule has 0 aliphatic rings. The maximum atomic E-state index is 11.6. The molecule has 0 spiro atoms. The Kier molecular flexibility index (Phi) is 8.30. The third-order valence-corrected chi connectivity index (χ3v) is 3.01. The molecule has 23 heavy (non-hydrogen) atoms. The van der Waals surface area contributed by atoms with E-state index in [0.29, 0.717) is 25.0 Å². The predicted octanol–water partition coefficient (Wildman–Crippen LogP) is 0.327. The third kappa shape index (κ3) is 7.91. The summed E-state index contributed by atoms with van der Waals surface area (Å²) in [6.45, 7) is 0.275. The van der Waals surface area contributed by atoms with Gasteiger partial charge in [0.15, 0.2) is 0 Å². The zero-order valence-corrected chi connectivity index (χ0v) is 12.7. The molecule has 0 saturated carbocycles. The summed E-state index contributed by atoms with van der Waals surface area (Å²) < 4.78 is 4.96. The Hall–Kier alpha value is -2.48. The van der Waals surface area contributed by atoms with Gasteiger partial charge in [-0.05, 0) is 25.0 Å². The van der Waals surface area contributed by atoms with Crippen molar-refractivity contribution in [2.45, 2.75) is 31.7 Å². The highest BCUT2D eigenvalue weighted by Crippen LogP contribution is 2.03. The summed E-state index contributed by atoms with van der Waals surface area (Å²) in [4.78, 5) is 37.5. The summed E-state index contributed by atoms with van der Waals surface area (Å²) in [6.07, 6.45) is 3.09. The van der Waals surface area contributed by atoms with E-state index in [1.54, 1.807) is 18.2 Å². The van der Waals surface area contributed by atoms with Crippen LogP contribution in [0.3, 0.4) is 0 Å². The van der Waals surface area contributed by atoms with E-state index in [-0.39, 0.29) is 31.4 Å². The Morgan fingerprint density at radius 3 is 2.74 bits per heavy atom. The summed E-state index contributed by atoms with van der Waals surface area (Å²) in [7, 11) is 0. The Balaban J connectivity index is 2.06. The molecule has 0 bridgehead atoms. The number of nitrogens with one attached hydrogen (secondary N) is 1. The molecule has 0 aliphatic carbocycles. The number of hydrogen-bond donors (Lipinski definition) is 3. The number of aromatic nitrogens is 1. The monoisotopic (exact) mass is 323 g/mol. The third-order valence-electron chi connectivity index (χ3n) is 3.01. The van der Waals surface area contributed by atoms with Crippen LogP contribution in [0.25, 0.3) is 0 Å². The first-order valence-corrected chi connectivity index (χ1v) is 7.34. The van der Waals surface area contributed by atoms with Gasteiger partial charge in [-0.25, -0.2) is 0 Å². The quantitative estimate of drug-likeness (QED) is 0.417. The normalized spacial score (nSPS) is 11.5. The maximum absolute atomic E-state index is 11.6. The van der Waals surface area contributed by atoms with E-state index in [9.17, 15) is 14.4 Å². The molecular formula is C15H21N3O5. The Morgan fingerprint density at radius 1 is 1.30 bits per heavy atom. The summed E-state index contributed by atoms with van der Waals surface area (Å²) in [5.41, 5.74) is 5.65. The summed E-state index contributed by atoms with van der Waals surface area (Å²) in [5, 5.41) is 11.2. The van der Waals surface area contributed by atoms with Crippen molar-refractivity contribution in [3.05, 3.63) is 30.1 Å².